The number of carbonyl (C=O) groups excluding carboxylic acids is 1. The van der Waals surface area contributed by atoms with Gasteiger partial charge in [-0.1, -0.05) is 35.9 Å². The van der Waals surface area contributed by atoms with Crippen molar-refractivity contribution >= 4 is 34.5 Å². The van der Waals surface area contributed by atoms with Crippen LogP contribution in [-0.4, -0.2) is 47.3 Å². The molecule has 0 fully saturated rings. The number of hydrogen-bond donors (Lipinski definition) is 2. The van der Waals surface area contributed by atoms with Gasteiger partial charge in [-0.05, 0) is 38.4 Å². The summed E-state index contributed by atoms with van der Waals surface area (Å²) in [7, 11) is 3.75. The maximum absolute atomic E-state index is 13.0. The first-order valence-electron chi connectivity index (χ1n) is 8.98. The lowest BCUT2D eigenvalue weighted by Crippen LogP contribution is -2.24. The van der Waals surface area contributed by atoms with Crippen LogP contribution in [0.1, 0.15) is 12.0 Å². The van der Waals surface area contributed by atoms with E-state index in [1.54, 1.807) is 48.5 Å². The molecule has 1 aromatic heterocycles. The summed E-state index contributed by atoms with van der Waals surface area (Å²) in [6, 6.07) is 13.5. The molecule has 7 nitrogen and oxygen atoms in total. The molecule has 3 aromatic rings. The van der Waals surface area contributed by atoms with Crippen molar-refractivity contribution in [2.75, 3.05) is 20.6 Å². The lowest BCUT2D eigenvalue weighted by atomic mass is 10.1. The fourth-order valence-corrected chi connectivity index (χ4v) is 3.08. The number of aromatic nitrogens is 1. The molecule has 0 bridgehead atoms. The minimum Gasteiger partial charge on any atom is -0.494 e. The molecule has 0 spiro atoms. The average molecular weight is 413 g/mol. The van der Waals surface area contributed by atoms with Gasteiger partial charge in [0.15, 0.2) is 0 Å². The first-order chi connectivity index (χ1) is 13.9. The van der Waals surface area contributed by atoms with Gasteiger partial charge in [-0.2, -0.15) is 5.10 Å². The summed E-state index contributed by atoms with van der Waals surface area (Å²) >= 11 is 6.05. The van der Waals surface area contributed by atoms with Crippen molar-refractivity contribution in [3.05, 3.63) is 69.5 Å². The Labute approximate surface area is 172 Å². The maximum Gasteiger partial charge on any atom is 0.265 e. The quantitative estimate of drug-likeness (QED) is 0.481. The lowest BCUT2D eigenvalue weighted by molar-refractivity contribution is -0.121. The number of fused-ring (bicyclic) bond motifs is 1. The van der Waals surface area contributed by atoms with Gasteiger partial charge in [0.05, 0.1) is 17.5 Å². The average Bonchev–Trinajstić information content (AvgIpc) is 2.69. The third-order valence-corrected chi connectivity index (χ3v) is 4.57. The van der Waals surface area contributed by atoms with E-state index >= 15 is 0 Å². The summed E-state index contributed by atoms with van der Waals surface area (Å²) in [5.74, 6) is -0.538. The molecule has 0 saturated carbocycles. The first-order valence-corrected chi connectivity index (χ1v) is 9.35. The zero-order valence-electron chi connectivity index (χ0n) is 16.1. The van der Waals surface area contributed by atoms with E-state index in [4.69, 9.17) is 11.6 Å². The number of amides is 1. The third-order valence-electron chi connectivity index (χ3n) is 4.34. The van der Waals surface area contributed by atoms with Crippen molar-refractivity contribution in [2.24, 2.45) is 5.10 Å². The van der Waals surface area contributed by atoms with Crippen LogP contribution in [0.5, 0.6) is 5.88 Å². The SMILES string of the molecule is CN(C)CCC(=O)N/N=C/c1c(O)n(-c2cccc(Cl)c2)c(=O)c2ccccc12. The van der Waals surface area contributed by atoms with Gasteiger partial charge >= 0.3 is 0 Å². The van der Waals surface area contributed by atoms with Crippen LogP contribution >= 0.6 is 11.6 Å². The Kier molecular flexibility index (Phi) is 6.31. The van der Waals surface area contributed by atoms with Gasteiger partial charge in [-0.25, -0.2) is 9.99 Å². The minimum atomic E-state index is -0.382. The molecule has 0 saturated heterocycles. The number of halogens is 1. The second-order valence-electron chi connectivity index (χ2n) is 6.75. The maximum atomic E-state index is 13.0. The Morgan fingerprint density at radius 1 is 1.21 bits per heavy atom. The number of carbonyl (C=O) groups is 1. The Morgan fingerprint density at radius 3 is 2.62 bits per heavy atom. The van der Waals surface area contributed by atoms with Crippen molar-refractivity contribution in [3.63, 3.8) is 0 Å². The molecule has 0 aliphatic heterocycles. The Balaban J connectivity index is 2.06. The molecule has 29 heavy (non-hydrogen) atoms. The van der Waals surface area contributed by atoms with Gasteiger partial charge in [0, 0.05) is 28.8 Å². The van der Waals surface area contributed by atoms with E-state index in [0.717, 1.165) is 0 Å². The van der Waals surface area contributed by atoms with Crippen LogP contribution < -0.4 is 11.0 Å². The molecule has 2 N–H and O–H groups in total. The molecule has 0 radical (unpaired) electrons. The summed E-state index contributed by atoms with van der Waals surface area (Å²) in [6.07, 6.45) is 1.63. The van der Waals surface area contributed by atoms with E-state index < -0.39 is 0 Å². The van der Waals surface area contributed by atoms with Crippen molar-refractivity contribution in [1.29, 1.82) is 0 Å². The molecule has 2 aromatic carbocycles. The molecule has 3 rings (SSSR count). The molecule has 150 valence electrons. The Morgan fingerprint density at radius 2 is 1.93 bits per heavy atom. The highest BCUT2D eigenvalue weighted by Gasteiger charge is 2.16. The molecule has 1 amide bonds. The van der Waals surface area contributed by atoms with Crippen molar-refractivity contribution in [2.45, 2.75) is 6.42 Å². The van der Waals surface area contributed by atoms with Crippen LogP contribution in [0.2, 0.25) is 5.02 Å². The van der Waals surface area contributed by atoms with E-state index in [-0.39, 0.29) is 17.3 Å². The van der Waals surface area contributed by atoms with Gasteiger partial charge in [0.25, 0.3) is 5.56 Å². The smallest absolute Gasteiger partial charge is 0.265 e. The van der Waals surface area contributed by atoms with E-state index in [0.29, 0.717) is 40.0 Å². The zero-order chi connectivity index (χ0) is 21.0. The minimum absolute atomic E-state index is 0.248. The van der Waals surface area contributed by atoms with E-state index in [9.17, 15) is 14.7 Å². The number of nitrogens with zero attached hydrogens (tertiary/aromatic N) is 3. The predicted octanol–water partition coefficient (Wildman–Crippen LogP) is 2.75. The van der Waals surface area contributed by atoms with Crippen LogP contribution in [-0.2, 0) is 4.79 Å². The van der Waals surface area contributed by atoms with Crippen LogP contribution in [0.3, 0.4) is 0 Å². The third kappa shape index (κ3) is 4.64. The van der Waals surface area contributed by atoms with Crippen molar-refractivity contribution < 1.29 is 9.90 Å². The standard InChI is InChI=1S/C21H21ClN4O3/c1-25(2)11-10-19(27)24-23-13-18-16-8-3-4-9-17(16)20(28)26(21(18)29)15-7-5-6-14(22)12-15/h3-9,12-13,29H,10-11H2,1-2H3,(H,24,27)/b23-13+. The fraction of sp³-hybridized carbons (Fsp3) is 0.190. The van der Waals surface area contributed by atoms with Gasteiger partial charge in [-0.15, -0.1) is 0 Å². The molecule has 0 aliphatic carbocycles. The highest BCUT2D eigenvalue weighted by molar-refractivity contribution is 6.30. The van der Waals surface area contributed by atoms with Crippen molar-refractivity contribution in [1.82, 2.24) is 14.9 Å². The highest BCUT2D eigenvalue weighted by atomic mass is 35.5. The molecular formula is C21H21ClN4O3. The number of hydrogen-bond acceptors (Lipinski definition) is 5. The highest BCUT2D eigenvalue weighted by Crippen LogP contribution is 2.26. The monoisotopic (exact) mass is 412 g/mol. The van der Waals surface area contributed by atoms with Crippen LogP contribution in [0, 0.1) is 0 Å². The number of rotatable bonds is 6. The summed E-state index contributed by atoms with van der Waals surface area (Å²) in [6.45, 7) is 0.592. The molecule has 1 heterocycles. The van der Waals surface area contributed by atoms with Crippen molar-refractivity contribution in [3.8, 4) is 11.6 Å². The van der Waals surface area contributed by atoms with Crippen LogP contribution in [0.25, 0.3) is 16.5 Å². The molecular weight excluding hydrogens is 392 g/mol. The topological polar surface area (TPSA) is 86.9 Å². The number of hydrazone groups is 1. The van der Waals surface area contributed by atoms with Gasteiger partial charge in [0.2, 0.25) is 11.8 Å². The molecule has 8 heteroatoms. The van der Waals surface area contributed by atoms with E-state index in [1.807, 2.05) is 19.0 Å². The normalized spacial score (nSPS) is 11.4. The summed E-state index contributed by atoms with van der Waals surface area (Å²) < 4.78 is 1.17. The molecule has 0 atom stereocenters. The van der Waals surface area contributed by atoms with E-state index in [1.165, 1.54) is 10.8 Å². The fourth-order valence-electron chi connectivity index (χ4n) is 2.89. The second kappa shape index (κ2) is 8.89. The Bertz CT molecular complexity index is 1140. The Hall–Kier alpha value is -3.16. The van der Waals surface area contributed by atoms with Gasteiger partial charge < -0.3 is 10.0 Å². The van der Waals surface area contributed by atoms with Crippen LogP contribution in [0.15, 0.2) is 58.4 Å². The first kappa shape index (κ1) is 20.6. The van der Waals surface area contributed by atoms with E-state index in [2.05, 4.69) is 10.5 Å². The number of nitrogens with one attached hydrogen (secondary N) is 1. The largest absolute Gasteiger partial charge is 0.494 e. The molecule has 0 aliphatic rings. The number of pyridine rings is 1. The second-order valence-corrected chi connectivity index (χ2v) is 7.19. The summed E-state index contributed by atoms with van der Waals surface area (Å²) in [5, 5.41) is 16.2. The number of benzene rings is 2. The van der Waals surface area contributed by atoms with Gasteiger partial charge in [0.1, 0.15) is 0 Å². The van der Waals surface area contributed by atoms with Crippen LogP contribution in [0.4, 0.5) is 0 Å². The predicted molar refractivity (Wildman–Crippen MR) is 115 cm³/mol. The number of aromatic hydroxyl groups is 1. The zero-order valence-corrected chi connectivity index (χ0v) is 16.8. The summed E-state index contributed by atoms with van der Waals surface area (Å²) in [5.41, 5.74) is 2.80. The van der Waals surface area contributed by atoms with Gasteiger partial charge in [-0.3, -0.25) is 9.59 Å². The summed E-state index contributed by atoms with van der Waals surface area (Å²) in [4.78, 5) is 26.8. The lowest BCUT2D eigenvalue weighted by Gasteiger charge is -2.14. The molecule has 0 unspecified atom stereocenters.